The van der Waals surface area contributed by atoms with Gasteiger partial charge in [0.15, 0.2) is 0 Å². The van der Waals surface area contributed by atoms with Crippen LogP contribution in [0.25, 0.3) is 0 Å². The van der Waals surface area contributed by atoms with E-state index >= 15 is 0 Å². The molecule has 1 rings (SSSR count). The van der Waals surface area contributed by atoms with Crippen LogP contribution in [-0.4, -0.2) is 18.7 Å². The lowest BCUT2D eigenvalue weighted by Crippen LogP contribution is -2.14. The summed E-state index contributed by atoms with van der Waals surface area (Å²) in [5.74, 6) is 0.966. The van der Waals surface area contributed by atoms with Crippen LogP contribution in [0, 0.1) is 11.8 Å². The Morgan fingerprint density at radius 2 is 2.00 bits per heavy atom. The molecule has 0 N–H and O–H groups in total. The van der Waals surface area contributed by atoms with E-state index in [9.17, 15) is 4.79 Å². The smallest absolute Gasteiger partial charge is 0.373 e. The molecule has 0 bridgehead atoms. The molecule has 3 atom stereocenters. The van der Waals surface area contributed by atoms with E-state index in [1.165, 1.54) is 5.57 Å². The van der Waals surface area contributed by atoms with Gasteiger partial charge in [0.1, 0.15) is 6.10 Å². The fourth-order valence-electron chi connectivity index (χ4n) is 2.37. The van der Waals surface area contributed by atoms with Gasteiger partial charge in [0.2, 0.25) is 5.76 Å². The van der Waals surface area contributed by atoms with Crippen LogP contribution in [0.1, 0.15) is 60.8 Å². The number of carbonyl (C=O) groups excluding carboxylic acids is 1. The Morgan fingerprint density at radius 3 is 2.52 bits per heavy atom. The third kappa shape index (κ3) is 5.56. The summed E-state index contributed by atoms with van der Waals surface area (Å²) in [6.07, 6.45) is 5.45. The van der Waals surface area contributed by atoms with Gasteiger partial charge in [-0.15, -0.1) is 0 Å². The number of rotatable bonds is 7. The summed E-state index contributed by atoms with van der Waals surface area (Å²) in [6.45, 7) is 12.9. The zero-order chi connectivity index (χ0) is 16.0. The molecule has 1 aliphatic rings. The maximum Gasteiger partial charge on any atom is 0.373 e. The summed E-state index contributed by atoms with van der Waals surface area (Å²) in [5.41, 5.74) is 2.36. The molecule has 3 nitrogen and oxygen atoms in total. The molecule has 1 aliphatic heterocycles. The van der Waals surface area contributed by atoms with Crippen molar-refractivity contribution < 1.29 is 14.3 Å². The van der Waals surface area contributed by atoms with Gasteiger partial charge in [0, 0.05) is 5.92 Å². The normalized spacial score (nSPS) is 22.8. The molecule has 0 aromatic carbocycles. The highest BCUT2D eigenvalue weighted by atomic mass is 16.6. The second-order valence-corrected chi connectivity index (χ2v) is 6.51. The highest BCUT2D eigenvalue weighted by Crippen LogP contribution is 2.30. The molecule has 0 aromatic heterocycles. The first kappa shape index (κ1) is 17.8. The predicted molar refractivity (Wildman–Crippen MR) is 85.8 cm³/mol. The molecule has 1 unspecified atom stereocenters. The predicted octanol–water partition coefficient (Wildman–Crippen LogP) is 4.63. The van der Waals surface area contributed by atoms with Crippen molar-refractivity contribution in [2.45, 2.75) is 66.9 Å². The van der Waals surface area contributed by atoms with E-state index in [0.717, 1.165) is 24.8 Å². The second-order valence-electron chi connectivity index (χ2n) is 6.51. The average molecular weight is 294 g/mol. The molecular weight excluding hydrogens is 264 g/mol. The Morgan fingerprint density at radius 1 is 1.33 bits per heavy atom. The van der Waals surface area contributed by atoms with Crippen LogP contribution in [0.4, 0.5) is 0 Å². The van der Waals surface area contributed by atoms with Crippen LogP contribution < -0.4 is 0 Å². The van der Waals surface area contributed by atoms with Gasteiger partial charge in [-0.3, -0.25) is 0 Å². The number of esters is 1. The first-order valence-corrected chi connectivity index (χ1v) is 8.00. The standard InChI is InChI=1S/C18H30O3/c1-12(2)8-7-9-13(3)10-11-20-18(19)17-15(5)14(4)16(6)21-17/h8,13-14,16H,7,9-11H2,1-6H3/t13-,14?,16-/m0/s1. The lowest BCUT2D eigenvalue weighted by Gasteiger charge is -2.12. The van der Waals surface area contributed by atoms with E-state index in [1.54, 1.807) is 0 Å². The fourth-order valence-corrected chi connectivity index (χ4v) is 2.37. The van der Waals surface area contributed by atoms with Crippen molar-refractivity contribution in [3.8, 4) is 0 Å². The third-order valence-corrected chi connectivity index (χ3v) is 4.29. The van der Waals surface area contributed by atoms with Crippen LogP contribution in [-0.2, 0) is 14.3 Å². The van der Waals surface area contributed by atoms with Crippen LogP contribution in [0.3, 0.4) is 0 Å². The SMILES string of the molecule is CC(C)=CCC[C@H](C)CCOC(=O)C1=C(C)C(C)[C@H](C)O1. The number of carbonyl (C=O) groups is 1. The maximum atomic E-state index is 12.0. The molecule has 0 amide bonds. The Kier molecular flexibility index (Phi) is 7.00. The van der Waals surface area contributed by atoms with Crippen molar-refractivity contribution in [2.75, 3.05) is 6.61 Å². The fraction of sp³-hybridized carbons (Fsp3) is 0.722. The van der Waals surface area contributed by atoms with Gasteiger partial charge in [0.05, 0.1) is 6.61 Å². The quantitative estimate of drug-likeness (QED) is 0.507. The van der Waals surface area contributed by atoms with E-state index in [-0.39, 0.29) is 18.0 Å². The molecule has 21 heavy (non-hydrogen) atoms. The van der Waals surface area contributed by atoms with Crippen LogP contribution in [0.2, 0.25) is 0 Å². The van der Waals surface area contributed by atoms with Crippen molar-refractivity contribution in [3.05, 3.63) is 23.0 Å². The highest BCUT2D eigenvalue weighted by molar-refractivity contribution is 5.87. The number of hydrogen-bond acceptors (Lipinski definition) is 3. The molecule has 3 heteroatoms. The van der Waals surface area contributed by atoms with Crippen molar-refractivity contribution in [1.29, 1.82) is 0 Å². The zero-order valence-corrected chi connectivity index (χ0v) is 14.4. The number of allylic oxidation sites excluding steroid dienone is 2. The van der Waals surface area contributed by atoms with E-state index in [2.05, 4.69) is 33.8 Å². The molecule has 0 spiro atoms. The van der Waals surface area contributed by atoms with Crippen molar-refractivity contribution in [1.82, 2.24) is 0 Å². The summed E-state index contributed by atoms with van der Waals surface area (Å²) in [4.78, 5) is 12.0. The summed E-state index contributed by atoms with van der Waals surface area (Å²) in [5, 5.41) is 0. The van der Waals surface area contributed by atoms with Crippen LogP contribution in [0.5, 0.6) is 0 Å². The summed E-state index contributed by atoms with van der Waals surface area (Å²) in [7, 11) is 0. The molecule has 0 saturated heterocycles. The topological polar surface area (TPSA) is 35.5 Å². The lowest BCUT2D eigenvalue weighted by atomic mass is 9.99. The minimum absolute atomic E-state index is 0.0653. The molecule has 0 aromatic rings. The minimum atomic E-state index is -0.305. The lowest BCUT2D eigenvalue weighted by molar-refractivity contribution is -0.143. The number of hydrogen-bond donors (Lipinski definition) is 0. The van der Waals surface area contributed by atoms with Gasteiger partial charge in [-0.1, -0.05) is 25.5 Å². The Hall–Kier alpha value is -1.25. The van der Waals surface area contributed by atoms with Gasteiger partial charge < -0.3 is 9.47 Å². The third-order valence-electron chi connectivity index (χ3n) is 4.29. The molecule has 0 saturated carbocycles. The van der Waals surface area contributed by atoms with Crippen molar-refractivity contribution in [2.24, 2.45) is 11.8 Å². The van der Waals surface area contributed by atoms with E-state index in [4.69, 9.17) is 9.47 Å². The van der Waals surface area contributed by atoms with Crippen molar-refractivity contribution >= 4 is 5.97 Å². The Labute approximate surface area is 129 Å². The Balaban J connectivity index is 2.30. The van der Waals surface area contributed by atoms with E-state index in [0.29, 0.717) is 18.3 Å². The minimum Gasteiger partial charge on any atom is -0.483 e. The van der Waals surface area contributed by atoms with Gasteiger partial charge in [0.25, 0.3) is 0 Å². The first-order chi connectivity index (χ1) is 9.82. The van der Waals surface area contributed by atoms with Gasteiger partial charge in [-0.25, -0.2) is 4.79 Å². The maximum absolute atomic E-state index is 12.0. The van der Waals surface area contributed by atoms with E-state index in [1.807, 2.05) is 13.8 Å². The first-order valence-electron chi connectivity index (χ1n) is 8.00. The van der Waals surface area contributed by atoms with E-state index < -0.39 is 0 Å². The average Bonchev–Trinajstić information content (AvgIpc) is 2.66. The van der Waals surface area contributed by atoms with Crippen molar-refractivity contribution in [3.63, 3.8) is 0 Å². The largest absolute Gasteiger partial charge is 0.483 e. The number of ether oxygens (including phenoxy) is 2. The molecule has 120 valence electrons. The van der Waals surface area contributed by atoms with Gasteiger partial charge in [-0.05, 0) is 58.4 Å². The summed E-state index contributed by atoms with van der Waals surface area (Å²) in [6, 6.07) is 0. The monoisotopic (exact) mass is 294 g/mol. The summed E-state index contributed by atoms with van der Waals surface area (Å²) < 4.78 is 10.9. The van der Waals surface area contributed by atoms with Gasteiger partial charge in [-0.2, -0.15) is 0 Å². The summed E-state index contributed by atoms with van der Waals surface area (Å²) >= 11 is 0. The van der Waals surface area contributed by atoms with Crippen LogP contribution in [0.15, 0.2) is 23.0 Å². The molecule has 0 aliphatic carbocycles. The molecular formula is C18H30O3. The molecule has 0 radical (unpaired) electrons. The molecule has 1 heterocycles. The zero-order valence-electron chi connectivity index (χ0n) is 14.4. The van der Waals surface area contributed by atoms with Crippen LogP contribution >= 0.6 is 0 Å². The second kappa shape index (κ2) is 8.26. The highest BCUT2D eigenvalue weighted by Gasteiger charge is 2.32. The Bertz CT molecular complexity index is 416. The molecule has 0 fully saturated rings. The van der Waals surface area contributed by atoms with Gasteiger partial charge >= 0.3 is 5.97 Å².